The highest BCUT2D eigenvalue weighted by Crippen LogP contribution is 2.17. The van der Waals surface area contributed by atoms with Crippen LogP contribution < -0.4 is 0 Å². The first-order valence-corrected chi connectivity index (χ1v) is 25.7. The van der Waals surface area contributed by atoms with E-state index in [9.17, 15) is 14.4 Å². The van der Waals surface area contributed by atoms with E-state index in [0.717, 1.165) is 69.6 Å². The first-order chi connectivity index (χ1) is 28.2. The zero-order valence-electron chi connectivity index (χ0n) is 39.7. The van der Waals surface area contributed by atoms with Crippen molar-refractivity contribution in [3.63, 3.8) is 0 Å². The Balaban J connectivity index is 4.26. The predicted octanol–water partition coefficient (Wildman–Crippen LogP) is 16.5. The van der Waals surface area contributed by atoms with E-state index in [0.29, 0.717) is 19.3 Å². The fraction of sp³-hybridized carbons (Fsp3) is 0.942. The number of unbranched alkanes of at least 4 members (excludes halogenated alkanes) is 31. The normalized spacial score (nSPS) is 12.1. The molecule has 0 saturated carbocycles. The molecule has 6 heteroatoms. The molecule has 0 aromatic carbocycles. The topological polar surface area (TPSA) is 78.9 Å². The van der Waals surface area contributed by atoms with Crippen LogP contribution in [0.5, 0.6) is 0 Å². The van der Waals surface area contributed by atoms with Gasteiger partial charge in [0.05, 0.1) is 0 Å². The molecule has 58 heavy (non-hydrogen) atoms. The molecule has 0 fully saturated rings. The molecule has 0 aliphatic rings. The number of esters is 3. The first kappa shape index (κ1) is 56.4. The molecule has 6 nitrogen and oxygen atoms in total. The van der Waals surface area contributed by atoms with Gasteiger partial charge in [-0.3, -0.25) is 14.4 Å². The van der Waals surface area contributed by atoms with E-state index in [-0.39, 0.29) is 31.1 Å². The van der Waals surface area contributed by atoms with E-state index in [4.69, 9.17) is 14.2 Å². The van der Waals surface area contributed by atoms with E-state index in [1.165, 1.54) is 173 Å². The van der Waals surface area contributed by atoms with Crippen molar-refractivity contribution >= 4 is 17.9 Å². The SMILES string of the molecule is CCCCCCCCCCCCCCCCC(=O)O[C@H](COC(=O)CCCCCCCCCCCCCCCCC(C)C)COC(=O)CCCCCCCCC(C)C. The van der Waals surface area contributed by atoms with E-state index >= 15 is 0 Å². The van der Waals surface area contributed by atoms with E-state index in [1.54, 1.807) is 0 Å². The maximum absolute atomic E-state index is 12.8. The summed E-state index contributed by atoms with van der Waals surface area (Å²) in [7, 11) is 0. The molecule has 0 bridgehead atoms. The van der Waals surface area contributed by atoms with Gasteiger partial charge in [-0.25, -0.2) is 0 Å². The van der Waals surface area contributed by atoms with Gasteiger partial charge >= 0.3 is 17.9 Å². The molecule has 0 aromatic heterocycles. The maximum Gasteiger partial charge on any atom is 0.306 e. The predicted molar refractivity (Wildman–Crippen MR) is 247 cm³/mol. The van der Waals surface area contributed by atoms with E-state index in [1.807, 2.05) is 0 Å². The highest BCUT2D eigenvalue weighted by atomic mass is 16.6. The second-order valence-electron chi connectivity index (χ2n) is 18.8. The van der Waals surface area contributed by atoms with Crippen LogP contribution in [0.3, 0.4) is 0 Å². The molecule has 0 aliphatic carbocycles. The monoisotopic (exact) mass is 821 g/mol. The highest BCUT2D eigenvalue weighted by Gasteiger charge is 2.19. The van der Waals surface area contributed by atoms with Crippen LogP contribution >= 0.6 is 0 Å². The lowest BCUT2D eigenvalue weighted by Crippen LogP contribution is -2.30. The average Bonchev–Trinajstić information content (AvgIpc) is 3.19. The number of carbonyl (C=O) groups is 3. The molecule has 344 valence electrons. The van der Waals surface area contributed by atoms with Crippen molar-refractivity contribution in [3.8, 4) is 0 Å². The van der Waals surface area contributed by atoms with Crippen LogP contribution in [0.15, 0.2) is 0 Å². The minimum Gasteiger partial charge on any atom is -0.462 e. The summed E-state index contributed by atoms with van der Waals surface area (Å²) in [6.45, 7) is 11.3. The van der Waals surface area contributed by atoms with Crippen LogP contribution in [0.2, 0.25) is 0 Å². The van der Waals surface area contributed by atoms with Crippen LogP contribution in [0.1, 0.15) is 285 Å². The average molecular weight is 821 g/mol. The van der Waals surface area contributed by atoms with Crippen molar-refractivity contribution < 1.29 is 28.6 Å². The molecule has 0 rings (SSSR count). The zero-order valence-corrected chi connectivity index (χ0v) is 39.7. The van der Waals surface area contributed by atoms with Crippen molar-refractivity contribution in [1.29, 1.82) is 0 Å². The standard InChI is InChI=1S/C52H100O6/c1-6-7-8-9-10-11-12-13-17-21-24-27-34-39-44-52(55)58-49(46-57-51(54)43-38-33-29-28-31-36-41-48(4)5)45-56-50(53)42-37-32-26-23-20-18-15-14-16-19-22-25-30-35-40-47(2)3/h47-49H,6-46H2,1-5H3/t49-/m1/s1. The fourth-order valence-corrected chi connectivity index (χ4v) is 7.81. The van der Waals surface area contributed by atoms with Crippen molar-refractivity contribution in [3.05, 3.63) is 0 Å². The minimum atomic E-state index is -0.761. The number of rotatable bonds is 46. The largest absolute Gasteiger partial charge is 0.462 e. The summed E-state index contributed by atoms with van der Waals surface area (Å²) in [5.41, 5.74) is 0. The third kappa shape index (κ3) is 45.5. The Labute approximate surface area is 361 Å². The quantitative estimate of drug-likeness (QED) is 0.0346. The lowest BCUT2D eigenvalue weighted by molar-refractivity contribution is -0.167. The van der Waals surface area contributed by atoms with Crippen molar-refractivity contribution in [1.82, 2.24) is 0 Å². The number of hydrogen-bond donors (Lipinski definition) is 0. The summed E-state index contributed by atoms with van der Waals surface area (Å²) in [4.78, 5) is 37.9. The van der Waals surface area contributed by atoms with Crippen LogP contribution in [0, 0.1) is 11.8 Å². The Bertz CT molecular complexity index is 885. The minimum absolute atomic E-state index is 0.0644. The zero-order chi connectivity index (χ0) is 42.6. The van der Waals surface area contributed by atoms with Gasteiger partial charge in [0.1, 0.15) is 13.2 Å². The molecule has 1 atom stereocenters. The van der Waals surface area contributed by atoms with Crippen LogP contribution in [0.25, 0.3) is 0 Å². The molecular weight excluding hydrogens is 721 g/mol. The van der Waals surface area contributed by atoms with Gasteiger partial charge in [0.2, 0.25) is 0 Å². The van der Waals surface area contributed by atoms with Gasteiger partial charge in [0.25, 0.3) is 0 Å². The first-order valence-electron chi connectivity index (χ1n) is 25.7. The van der Waals surface area contributed by atoms with Crippen molar-refractivity contribution in [2.75, 3.05) is 13.2 Å². The Morgan fingerprint density at radius 2 is 0.569 bits per heavy atom. The summed E-state index contributed by atoms with van der Waals surface area (Å²) < 4.78 is 16.8. The molecule has 0 radical (unpaired) electrons. The Kier molecular flexibility index (Phi) is 43.7. The van der Waals surface area contributed by atoms with Crippen molar-refractivity contribution in [2.45, 2.75) is 291 Å². The number of hydrogen-bond acceptors (Lipinski definition) is 6. The second kappa shape index (κ2) is 44.9. The third-order valence-electron chi connectivity index (χ3n) is 11.7. The van der Waals surface area contributed by atoms with Crippen LogP contribution in [-0.2, 0) is 28.6 Å². The molecule has 0 N–H and O–H groups in total. The van der Waals surface area contributed by atoms with Gasteiger partial charge in [-0.05, 0) is 31.1 Å². The summed E-state index contributed by atoms with van der Waals surface area (Å²) in [6.07, 6.45) is 45.3. The van der Waals surface area contributed by atoms with Gasteiger partial charge in [0.15, 0.2) is 6.10 Å². The molecule has 0 aliphatic heterocycles. The van der Waals surface area contributed by atoms with E-state index < -0.39 is 6.10 Å². The van der Waals surface area contributed by atoms with Gasteiger partial charge in [-0.2, -0.15) is 0 Å². The smallest absolute Gasteiger partial charge is 0.306 e. The fourth-order valence-electron chi connectivity index (χ4n) is 7.81. The molecule has 0 spiro atoms. The van der Waals surface area contributed by atoms with Crippen molar-refractivity contribution in [2.24, 2.45) is 11.8 Å². The Hall–Kier alpha value is -1.59. The van der Waals surface area contributed by atoms with Gasteiger partial charge in [-0.1, -0.05) is 247 Å². The molecular formula is C52H100O6. The van der Waals surface area contributed by atoms with Crippen LogP contribution in [0.4, 0.5) is 0 Å². The molecule has 0 heterocycles. The Morgan fingerprint density at radius 1 is 0.328 bits per heavy atom. The van der Waals surface area contributed by atoms with Gasteiger partial charge in [-0.15, -0.1) is 0 Å². The Morgan fingerprint density at radius 3 is 0.845 bits per heavy atom. The lowest BCUT2D eigenvalue weighted by atomic mass is 10.0. The lowest BCUT2D eigenvalue weighted by Gasteiger charge is -2.18. The molecule has 0 amide bonds. The summed E-state index contributed by atoms with van der Waals surface area (Å²) in [5, 5.41) is 0. The highest BCUT2D eigenvalue weighted by molar-refractivity contribution is 5.71. The summed E-state index contributed by atoms with van der Waals surface area (Å²) >= 11 is 0. The summed E-state index contributed by atoms with van der Waals surface area (Å²) in [6, 6.07) is 0. The second-order valence-corrected chi connectivity index (χ2v) is 18.8. The maximum atomic E-state index is 12.8. The molecule has 0 saturated heterocycles. The third-order valence-corrected chi connectivity index (χ3v) is 11.7. The molecule has 0 unspecified atom stereocenters. The van der Waals surface area contributed by atoms with Gasteiger partial charge in [0, 0.05) is 19.3 Å². The van der Waals surface area contributed by atoms with Gasteiger partial charge < -0.3 is 14.2 Å². The number of ether oxygens (including phenoxy) is 3. The summed E-state index contributed by atoms with van der Waals surface area (Å²) in [5.74, 6) is 0.755. The van der Waals surface area contributed by atoms with E-state index in [2.05, 4.69) is 34.6 Å². The number of carbonyl (C=O) groups excluding carboxylic acids is 3. The van der Waals surface area contributed by atoms with Crippen LogP contribution in [-0.4, -0.2) is 37.2 Å². The molecule has 0 aromatic rings.